The Hall–Kier alpha value is -3.12. The van der Waals surface area contributed by atoms with Crippen molar-refractivity contribution in [3.63, 3.8) is 0 Å². The Bertz CT molecular complexity index is 972. The van der Waals surface area contributed by atoms with Crippen LogP contribution in [0.4, 0.5) is 0 Å². The van der Waals surface area contributed by atoms with Crippen LogP contribution in [0.5, 0.6) is 0 Å². The molecule has 0 fully saturated rings. The Morgan fingerprint density at radius 3 is 2.59 bits per heavy atom. The molecule has 3 aromatic rings. The zero-order valence-electron chi connectivity index (χ0n) is 16.1. The highest BCUT2D eigenvalue weighted by molar-refractivity contribution is 6.33. The Morgan fingerprint density at radius 1 is 1.10 bits per heavy atom. The van der Waals surface area contributed by atoms with E-state index in [-0.39, 0.29) is 11.8 Å². The van der Waals surface area contributed by atoms with E-state index in [4.69, 9.17) is 11.6 Å². The van der Waals surface area contributed by atoms with Crippen molar-refractivity contribution in [1.29, 1.82) is 0 Å². The molecule has 150 valence electrons. The summed E-state index contributed by atoms with van der Waals surface area (Å²) in [6, 6.07) is 16.2. The van der Waals surface area contributed by atoms with E-state index in [0.717, 1.165) is 12.4 Å². The molecule has 0 spiro atoms. The van der Waals surface area contributed by atoms with E-state index in [9.17, 15) is 9.59 Å². The van der Waals surface area contributed by atoms with Gasteiger partial charge in [-0.3, -0.25) is 9.59 Å². The number of aromatic nitrogens is 2. The molecular weight excluding hydrogens is 388 g/mol. The second kappa shape index (κ2) is 9.89. The maximum absolute atomic E-state index is 12.3. The number of hydrogen-bond acceptors (Lipinski definition) is 3. The summed E-state index contributed by atoms with van der Waals surface area (Å²) in [5.74, 6) is 0.255. The van der Waals surface area contributed by atoms with Crippen molar-refractivity contribution in [3.05, 3.63) is 89.0 Å². The van der Waals surface area contributed by atoms with Crippen molar-refractivity contribution in [1.82, 2.24) is 20.2 Å². The Morgan fingerprint density at radius 2 is 1.83 bits per heavy atom. The van der Waals surface area contributed by atoms with Gasteiger partial charge in [0.05, 0.1) is 10.6 Å². The van der Waals surface area contributed by atoms with Gasteiger partial charge in [-0.2, -0.15) is 0 Å². The summed E-state index contributed by atoms with van der Waals surface area (Å²) in [5.41, 5.74) is 1.53. The van der Waals surface area contributed by atoms with Crippen LogP contribution in [0.3, 0.4) is 0 Å². The highest BCUT2D eigenvalue weighted by Gasteiger charge is 2.18. The topological polar surface area (TPSA) is 76.0 Å². The maximum atomic E-state index is 12.3. The predicted molar refractivity (Wildman–Crippen MR) is 113 cm³/mol. The molecule has 0 bridgehead atoms. The van der Waals surface area contributed by atoms with Crippen molar-refractivity contribution in [2.75, 3.05) is 6.54 Å². The molecule has 0 radical (unpaired) electrons. The first-order valence-electron chi connectivity index (χ1n) is 9.41. The van der Waals surface area contributed by atoms with Gasteiger partial charge in [0.1, 0.15) is 11.9 Å². The average Bonchev–Trinajstić information content (AvgIpc) is 3.15. The van der Waals surface area contributed by atoms with Crippen molar-refractivity contribution in [3.8, 4) is 0 Å². The van der Waals surface area contributed by atoms with E-state index in [0.29, 0.717) is 23.6 Å². The molecular formula is C22H23ClN4O2. The minimum atomic E-state index is -0.678. The summed E-state index contributed by atoms with van der Waals surface area (Å²) < 4.78 is 2.06. The lowest BCUT2D eigenvalue weighted by Gasteiger charge is -2.15. The Balaban J connectivity index is 1.48. The fourth-order valence-corrected chi connectivity index (χ4v) is 3.15. The summed E-state index contributed by atoms with van der Waals surface area (Å²) >= 11 is 6.02. The lowest BCUT2D eigenvalue weighted by Crippen LogP contribution is -2.45. The summed E-state index contributed by atoms with van der Waals surface area (Å²) in [4.78, 5) is 29.0. The molecule has 1 unspecified atom stereocenters. The predicted octanol–water partition coefficient (Wildman–Crippen LogP) is 3.06. The Kier molecular flexibility index (Phi) is 7.03. The third kappa shape index (κ3) is 5.68. The molecule has 1 atom stereocenters. The summed E-state index contributed by atoms with van der Waals surface area (Å²) in [5, 5.41) is 5.86. The van der Waals surface area contributed by atoms with Crippen LogP contribution in [0.1, 0.15) is 28.7 Å². The number of nitrogens with zero attached hydrogens (tertiary/aromatic N) is 2. The van der Waals surface area contributed by atoms with Crippen LogP contribution in [0.15, 0.2) is 67.0 Å². The SMILES string of the molecule is CC(NC(=O)c1ccccc1Cl)C(=O)NCCc1nccn1Cc1ccccc1. The van der Waals surface area contributed by atoms with E-state index in [1.54, 1.807) is 37.4 Å². The number of imidazole rings is 1. The fraction of sp³-hybridized carbons (Fsp3) is 0.227. The van der Waals surface area contributed by atoms with Gasteiger partial charge >= 0.3 is 0 Å². The van der Waals surface area contributed by atoms with Gasteiger partial charge in [-0.25, -0.2) is 4.98 Å². The zero-order chi connectivity index (χ0) is 20.6. The number of carbonyl (C=O) groups excluding carboxylic acids is 2. The number of carbonyl (C=O) groups is 2. The van der Waals surface area contributed by atoms with Crippen molar-refractivity contribution in [2.24, 2.45) is 0 Å². The molecule has 3 rings (SSSR count). The molecule has 7 heteroatoms. The van der Waals surface area contributed by atoms with E-state index >= 15 is 0 Å². The first kappa shape index (κ1) is 20.6. The molecule has 0 aliphatic heterocycles. The fourth-order valence-electron chi connectivity index (χ4n) is 2.93. The molecule has 1 heterocycles. The first-order chi connectivity index (χ1) is 14.0. The standard InChI is InChI=1S/C22H23ClN4O2/c1-16(26-22(29)18-9-5-6-10-19(18)23)21(28)25-12-11-20-24-13-14-27(20)15-17-7-3-2-4-8-17/h2-10,13-14,16H,11-12,15H2,1H3,(H,25,28)(H,26,29). The van der Waals surface area contributed by atoms with E-state index in [2.05, 4.69) is 32.3 Å². The minimum absolute atomic E-state index is 0.258. The molecule has 2 amide bonds. The lowest BCUT2D eigenvalue weighted by molar-refractivity contribution is -0.122. The third-order valence-corrected chi connectivity index (χ3v) is 4.83. The van der Waals surface area contributed by atoms with Gasteiger partial charge in [-0.15, -0.1) is 0 Å². The van der Waals surface area contributed by atoms with Gasteiger partial charge in [0.2, 0.25) is 5.91 Å². The summed E-state index contributed by atoms with van der Waals surface area (Å²) in [7, 11) is 0. The van der Waals surface area contributed by atoms with Crippen LogP contribution in [0.25, 0.3) is 0 Å². The smallest absolute Gasteiger partial charge is 0.253 e. The molecule has 0 saturated carbocycles. The van der Waals surface area contributed by atoms with Crippen LogP contribution in [0, 0.1) is 0 Å². The third-order valence-electron chi connectivity index (χ3n) is 4.50. The quantitative estimate of drug-likeness (QED) is 0.599. The van der Waals surface area contributed by atoms with Gasteiger partial charge in [-0.05, 0) is 24.6 Å². The zero-order valence-corrected chi connectivity index (χ0v) is 16.9. The van der Waals surface area contributed by atoms with Crippen LogP contribution < -0.4 is 10.6 Å². The lowest BCUT2D eigenvalue weighted by atomic mass is 10.2. The molecule has 2 N–H and O–H groups in total. The van der Waals surface area contributed by atoms with Gasteiger partial charge in [0, 0.05) is 31.9 Å². The maximum Gasteiger partial charge on any atom is 0.253 e. The molecule has 0 saturated heterocycles. The number of amides is 2. The van der Waals surface area contributed by atoms with Crippen LogP contribution >= 0.6 is 11.6 Å². The molecule has 6 nitrogen and oxygen atoms in total. The number of halogens is 1. The minimum Gasteiger partial charge on any atom is -0.354 e. The first-order valence-corrected chi connectivity index (χ1v) is 9.79. The normalized spacial score (nSPS) is 11.7. The molecule has 29 heavy (non-hydrogen) atoms. The highest BCUT2D eigenvalue weighted by atomic mass is 35.5. The van der Waals surface area contributed by atoms with Crippen molar-refractivity contribution < 1.29 is 9.59 Å². The van der Waals surface area contributed by atoms with Crippen LogP contribution in [-0.2, 0) is 17.8 Å². The monoisotopic (exact) mass is 410 g/mol. The largest absolute Gasteiger partial charge is 0.354 e. The molecule has 0 aliphatic rings. The average molecular weight is 411 g/mol. The number of nitrogens with one attached hydrogen (secondary N) is 2. The molecule has 1 aromatic heterocycles. The summed E-state index contributed by atoms with van der Waals surface area (Å²) in [6.45, 7) is 2.80. The van der Waals surface area contributed by atoms with E-state index < -0.39 is 6.04 Å². The number of benzene rings is 2. The van der Waals surface area contributed by atoms with Crippen LogP contribution in [-0.4, -0.2) is 34.0 Å². The number of rotatable bonds is 8. The Labute approximate surface area is 174 Å². The highest BCUT2D eigenvalue weighted by Crippen LogP contribution is 2.14. The molecule has 2 aromatic carbocycles. The second-order valence-electron chi connectivity index (χ2n) is 6.67. The van der Waals surface area contributed by atoms with Crippen LogP contribution in [0.2, 0.25) is 5.02 Å². The van der Waals surface area contributed by atoms with Gasteiger partial charge in [-0.1, -0.05) is 54.1 Å². The molecule has 0 aliphatic carbocycles. The van der Waals surface area contributed by atoms with E-state index in [1.807, 2.05) is 24.4 Å². The van der Waals surface area contributed by atoms with Crippen molar-refractivity contribution in [2.45, 2.75) is 25.9 Å². The van der Waals surface area contributed by atoms with Crippen molar-refractivity contribution >= 4 is 23.4 Å². The van der Waals surface area contributed by atoms with Gasteiger partial charge < -0.3 is 15.2 Å². The van der Waals surface area contributed by atoms with Gasteiger partial charge in [0.25, 0.3) is 5.91 Å². The summed E-state index contributed by atoms with van der Waals surface area (Å²) in [6.07, 6.45) is 4.28. The van der Waals surface area contributed by atoms with E-state index in [1.165, 1.54) is 5.56 Å². The number of hydrogen-bond donors (Lipinski definition) is 2. The van der Waals surface area contributed by atoms with Gasteiger partial charge in [0.15, 0.2) is 0 Å². The second-order valence-corrected chi connectivity index (χ2v) is 7.08.